The highest BCUT2D eigenvalue weighted by Crippen LogP contribution is 2.26. The standard InChI is InChI=1S/C10H11ClN4/c1-15-5-4-13-10(15)14-9-6-7(12)2-3-8(9)11/h2-6H,12H2,1H3,(H,13,14). The second-order valence-corrected chi connectivity index (χ2v) is 3.63. The Morgan fingerprint density at radius 3 is 2.93 bits per heavy atom. The topological polar surface area (TPSA) is 55.9 Å². The molecule has 2 aromatic rings. The Labute approximate surface area is 92.7 Å². The molecule has 4 nitrogen and oxygen atoms in total. The molecule has 0 spiro atoms. The molecule has 0 saturated heterocycles. The number of nitrogens with two attached hydrogens (primary N) is 1. The van der Waals surface area contributed by atoms with Gasteiger partial charge in [0, 0.05) is 25.1 Å². The number of imidazole rings is 1. The number of hydrogen-bond acceptors (Lipinski definition) is 3. The maximum atomic E-state index is 6.01. The number of halogens is 1. The second-order valence-electron chi connectivity index (χ2n) is 3.23. The van der Waals surface area contributed by atoms with Crippen LogP contribution in [0.1, 0.15) is 0 Å². The van der Waals surface area contributed by atoms with Crippen LogP contribution < -0.4 is 11.1 Å². The van der Waals surface area contributed by atoms with E-state index in [-0.39, 0.29) is 0 Å². The summed E-state index contributed by atoms with van der Waals surface area (Å²) < 4.78 is 1.86. The van der Waals surface area contributed by atoms with Gasteiger partial charge in [-0.1, -0.05) is 11.6 Å². The van der Waals surface area contributed by atoms with Gasteiger partial charge in [-0.3, -0.25) is 0 Å². The van der Waals surface area contributed by atoms with Gasteiger partial charge in [0.2, 0.25) is 5.95 Å². The van der Waals surface area contributed by atoms with Crippen LogP contribution in [0.5, 0.6) is 0 Å². The normalized spacial score (nSPS) is 10.3. The lowest BCUT2D eigenvalue weighted by Gasteiger charge is -2.08. The Morgan fingerprint density at radius 1 is 1.47 bits per heavy atom. The molecule has 78 valence electrons. The van der Waals surface area contributed by atoms with Gasteiger partial charge in [0.15, 0.2) is 0 Å². The van der Waals surface area contributed by atoms with Crippen molar-refractivity contribution in [1.29, 1.82) is 0 Å². The van der Waals surface area contributed by atoms with E-state index in [4.69, 9.17) is 17.3 Å². The van der Waals surface area contributed by atoms with Gasteiger partial charge in [0.25, 0.3) is 0 Å². The molecule has 0 amide bonds. The number of benzene rings is 1. The van der Waals surface area contributed by atoms with Gasteiger partial charge in [-0.05, 0) is 18.2 Å². The minimum atomic E-state index is 0.618. The average Bonchev–Trinajstić information content (AvgIpc) is 2.58. The maximum absolute atomic E-state index is 6.01. The fourth-order valence-electron chi connectivity index (χ4n) is 1.25. The summed E-state index contributed by atoms with van der Waals surface area (Å²) in [5.41, 5.74) is 7.09. The van der Waals surface area contributed by atoms with Crippen molar-refractivity contribution >= 4 is 28.9 Å². The Balaban J connectivity index is 2.32. The smallest absolute Gasteiger partial charge is 0.207 e. The molecule has 0 bridgehead atoms. The zero-order valence-corrected chi connectivity index (χ0v) is 8.99. The van der Waals surface area contributed by atoms with E-state index in [1.165, 1.54) is 0 Å². The summed E-state index contributed by atoms with van der Waals surface area (Å²) >= 11 is 6.01. The molecule has 15 heavy (non-hydrogen) atoms. The third-order valence-electron chi connectivity index (χ3n) is 2.06. The fraction of sp³-hybridized carbons (Fsp3) is 0.100. The van der Waals surface area contributed by atoms with E-state index >= 15 is 0 Å². The number of rotatable bonds is 2. The molecule has 5 heteroatoms. The highest BCUT2D eigenvalue weighted by atomic mass is 35.5. The third kappa shape index (κ3) is 2.05. The van der Waals surface area contributed by atoms with E-state index in [1.54, 1.807) is 24.4 Å². The molecule has 0 unspecified atom stereocenters. The second kappa shape index (κ2) is 3.82. The molecule has 0 aliphatic rings. The molecule has 0 atom stereocenters. The lowest BCUT2D eigenvalue weighted by molar-refractivity contribution is 0.924. The Morgan fingerprint density at radius 2 is 2.27 bits per heavy atom. The molecular weight excluding hydrogens is 212 g/mol. The molecule has 1 heterocycles. The quantitative estimate of drug-likeness (QED) is 0.768. The predicted molar refractivity (Wildman–Crippen MR) is 62.4 cm³/mol. The number of aromatic nitrogens is 2. The van der Waals surface area contributed by atoms with E-state index < -0.39 is 0 Å². The minimum absolute atomic E-state index is 0.618. The SMILES string of the molecule is Cn1ccnc1Nc1cc(N)ccc1Cl. The van der Waals surface area contributed by atoms with Crippen LogP contribution in [-0.2, 0) is 7.05 Å². The van der Waals surface area contributed by atoms with Crippen molar-refractivity contribution in [1.82, 2.24) is 9.55 Å². The Bertz CT molecular complexity index is 478. The molecule has 0 radical (unpaired) electrons. The van der Waals surface area contributed by atoms with E-state index in [0.717, 1.165) is 11.6 Å². The van der Waals surface area contributed by atoms with Crippen LogP contribution >= 0.6 is 11.6 Å². The lowest BCUT2D eigenvalue weighted by Crippen LogP contribution is -1.99. The number of nitrogen functional groups attached to an aromatic ring is 1. The highest BCUT2D eigenvalue weighted by molar-refractivity contribution is 6.33. The average molecular weight is 223 g/mol. The molecule has 1 aromatic carbocycles. The summed E-state index contributed by atoms with van der Waals surface area (Å²) in [6.45, 7) is 0. The zero-order valence-electron chi connectivity index (χ0n) is 8.24. The van der Waals surface area contributed by atoms with Crippen molar-refractivity contribution in [3.05, 3.63) is 35.6 Å². The monoisotopic (exact) mass is 222 g/mol. The molecule has 0 aliphatic carbocycles. The molecule has 0 fully saturated rings. The number of hydrogen-bond donors (Lipinski definition) is 2. The Hall–Kier alpha value is -1.68. The summed E-state index contributed by atoms with van der Waals surface area (Å²) in [4.78, 5) is 4.13. The van der Waals surface area contributed by atoms with E-state index in [2.05, 4.69) is 10.3 Å². The maximum Gasteiger partial charge on any atom is 0.207 e. The van der Waals surface area contributed by atoms with Crippen LogP contribution in [-0.4, -0.2) is 9.55 Å². The number of nitrogens with zero attached hydrogens (tertiary/aromatic N) is 2. The highest BCUT2D eigenvalue weighted by Gasteiger charge is 2.03. The van der Waals surface area contributed by atoms with Crippen LogP contribution in [0.4, 0.5) is 17.3 Å². The molecule has 0 aliphatic heterocycles. The van der Waals surface area contributed by atoms with E-state index in [0.29, 0.717) is 10.7 Å². The van der Waals surface area contributed by atoms with Crippen molar-refractivity contribution in [2.75, 3.05) is 11.1 Å². The summed E-state index contributed by atoms with van der Waals surface area (Å²) in [7, 11) is 1.90. The van der Waals surface area contributed by atoms with Gasteiger partial charge in [-0.2, -0.15) is 0 Å². The first-order valence-electron chi connectivity index (χ1n) is 4.46. The largest absolute Gasteiger partial charge is 0.399 e. The molecule has 0 saturated carbocycles. The summed E-state index contributed by atoms with van der Waals surface area (Å²) in [6.07, 6.45) is 3.56. The molecule has 3 N–H and O–H groups in total. The van der Waals surface area contributed by atoms with Crippen LogP contribution in [0, 0.1) is 0 Å². The van der Waals surface area contributed by atoms with Crippen molar-refractivity contribution in [3.63, 3.8) is 0 Å². The van der Waals surface area contributed by atoms with Crippen LogP contribution in [0.25, 0.3) is 0 Å². The van der Waals surface area contributed by atoms with Crippen molar-refractivity contribution in [3.8, 4) is 0 Å². The third-order valence-corrected chi connectivity index (χ3v) is 2.39. The van der Waals surface area contributed by atoms with Gasteiger partial charge in [0.05, 0.1) is 10.7 Å². The number of anilines is 3. The van der Waals surface area contributed by atoms with Crippen LogP contribution in [0.15, 0.2) is 30.6 Å². The fourth-order valence-corrected chi connectivity index (χ4v) is 1.41. The van der Waals surface area contributed by atoms with Gasteiger partial charge < -0.3 is 15.6 Å². The number of aryl methyl sites for hydroxylation is 1. The van der Waals surface area contributed by atoms with Gasteiger partial charge in [-0.15, -0.1) is 0 Å². The predicted octanol–water partition coefficient (Wildman–Crippen LogP) is 2.40. The van der Waals surface area contributed by atoms with Crippen LogP contribution in [0.3, 0.4) is 0 Å². The minimum Gasteiger partial charge on any atom is -0.399 e. The van der Waals surface area contributed by atoms with E-state index in [9.17, 15) is 0 Å². The van der Waals surface area contributed by atoms with E-state index in [1.807, 2.05) is 17.8 Å². The van der Waals surface area contributed by atoms with Crippen molar-refractivity contribution in [2.24, 2.45) is 7.05 Å². The molecule has 2 rings (SSSR count). The lowest BCUT2D eigenvalue weighted by atomic mass is 10.3. The van der Waals surface area contributed by atoms with Gasteiger partial charge in [0.1, 0.15) is 0 Å². The first kappa shape index (κ1) is 9.86. The Kier molecular flexibility index (Phi) is 2.51. The summed E-state index contributed by atoms with van der Waals surface area (Å²) in [5.74, 6) is 0.725. The summed E-state index contributed by atoms with van der Waals surface area (Å²) in [6, 6.07) is 5.28. The first-order chi connectivity index (χ1) is 7.16. The van der Waals surface area contributed by atoms with Crippen molar-refractivity contribution < 1.29 is 0 Å². The molecule has 1 aromatic heterocycles. The van der Waals surface area contributed by atoms with Crippen molar-refractivity contribution in [2.45, 2.75) is 0 Å². The van der Waals surface area contributed by atoms with Gasteiger partial charge in [-0.25, -0.2) is 4.98 Å². The molecular formula is C10H11ClN4. The van der Waals surface area contributed by atoms with Gasteiger partial charge >= 0.3 is 0 Å². The zero-order chi connectivity index (χ0) is 10.8. The number of nitrogens with one attached hydrogen (secondary N) is 1. The summed E-state index contributed by atoms with van der Waals surface area (Å²) in [5, 5.41) is 3.72. The first-order valence-corrected chi connectivity index (χ1v) is 4.84. The van der Waals surface area contributed by atoms with Crippen LogP contribution in [0.2, 0.25) is 5.02 Å².